The summed E-state index contributed by atoms with van der Waals surface area (Å²) in [6.45, 7) is 3.44. The lowest BCUT2D eigenvalue weighted by Gasteiger charge is -2.12. The number of furan rings is 1. The standard InChI is InChI=1S/C23H20F2N4O4S2/c1-12-6-11-18(33-12)13(2)29-35(31,32)15-9-7-14(8-10-15)27-23-28-22(26)21(34-23)20(30)19-16(24)4-3-5-17(19)25/h3-11,13,29H,26H2,1-2H3,(H,27,28). The van der Waals surface area contributed by atoms with Crippen molar-refractivity contribution < 1.29 is 26.4 Å². The summed E-state index contributed by atoms with van der Waals surface area (Å²) in [7, 11) is -3.83. The van der Waals surface area contributed by atoms with Crippen molar-refractivity contribution in [2.75, 3.05) is 11.1 Å². The molecule has 0 saturated carbocycles. The lowest BCUT2D eigenvalue weighted by atomic mass is 10.1. The summed E-state index contributed by atoms with van der Waals surface area (Å²) >= 11 is 0.821. The summed E-state index contributed by atoms with van der Waals surface area (Å²) in [5.74, 6) is -1.94. The number of halogens is 2. The minimum atomic E-state index is -3.83. The summed E-state index contributed by atoms with van der Waals surface area (Å²) in [4.78, 5) is 16.6. The van der Waals surface area contributed by atoms with Gasteiger partial charge in [0, 0.05) is 5.69 Å². The number of nitrogens with one attached hydrogen (secondary N) is 2. The highest BCUT2D eigenvalue weighted by molar-refractivity contribution is 7.89. The van der Waals surface area contributed by atoms with Gasteiger partial charge in [-0.15, -0.1) is 0 Å². The normalized spacial score (nSPS) is 12.5. The van der Waals surface area contributed by atoms with Crippen LogP contribution in [0.15, 0.2) is 63.9 Å². The zero-order chi connectivity index (χ0) is 25.3. The van der Waals surface area contributed by atoms with Crippen molar-refractivity contribution in [3.05, 3.63) is 88.2 Å². The number of hydrogen-bond acceptors (Lipinski definition) is 8. The molecule has 4 rings (SSSR count). The fourth-order valence-electron chi connectivity index (χ4n) is 3.26. The van der Waals surface area contributed by atoms with Gasteiger partial charge >= 0.3 is 0 Å². The van der Waals surface area contributed by atoms with Gasteiger partial charge in [0.25, 0.3) is 0 Å². The third kappa shape index (κ3) is 5.24. The fourth-order valence-corrected chi connectivity index (χ4v) is 5.33. The number of aromatic nitrogens is 1. The first-order valence-corrected chi connectivity index (χ1v) is 12.6. The number of nitrogen functional groups attached to an aromatic ring is 1. The number of ketones is 1. The average molecular weight is 519 g/mol. The minimum absolute atomic E-state index is 0.0303. The van der Waals surface area contributed by atoms with Gasteiger partial charge in [0.15, 0.2) is 5.13 Å². The van der Waals surface area contributed by atoms with Gasteiger partial charge in [-0.3, -0.25) is 4.79 Å². The summed E-state index contributed by atoms with van der Waals surface area (Å²) in [6, 6.07) is 11.8. The third-order valence-electron chi connectivity index (χ3n) is 4.99. The Labute approximate surface area is 203 Å². The van der Waals surface area contributed by atoms with E-state index in [1.54, 1.807) is 26.0 Å². The maximum atomic E-state index is 14.0. The van der Waals surface area contributed by atoms with Crippen LogP contribution in [0, 0.1) is 18.6 Å². The van der Waals surface area contributed by atoms with Gasteiger partial charge in [-0.25, -0.2) is 26.9 Å². The van der Waals surface area contributed by atoms with Gasteiger partial charge in [0.1, 0.15) is 33.8 Å². The average Bonchev–Trinajstić information content (AvgIpc) is 3.39. The van der Waals surface area contributed by atoms with Crippen LogP contribution in [0.1, 0.15) is 39.7 Å². The van der Waals surface area contributed by atoms with E-state index < -0.39 is 39.0 Å². The molecule has 0 aliphatic carbocycles. The van der Waals surface area contributed by atoms with Crippen LogP contribution >= 0.6 is 11.3 Å². The van der Waals surface area contributed by atoms with Crippen molar-refractivity contribution in [3.8, 4) is 0 Å². The van der Waals surface area contributed by atoms with Crippen molar-refractivity contribution in [3.63, 3.8) is 0 Å². The minimum Gasteiger partial charge on any atom is -0.465 e. The lowest BCUT2D eigenvalue weighted by molar-refractivity contribution is 0.103. The Hall–Kier alpha value is -3.61. The molecule has 0 bridgehead atoms. The molecule has 0 radical (unpaired) electrons. The van der Waals surface area contributed by atoms with Gasteiger partial charge in [-0.2, -0.15) is 0 Å². The Morgan fingerprint density at radius 2 is 1.74 bits per heavy atom. The third-order valence-corrected chi connectivity index (χ3v) is 7.53. The number of hydrogen-bond donors (Lipinski definition) is 3. The molecular weight excluding hydrogens is 498 g/mol. The second kappa shape index (κ2) is 9.56. The Kier molecular flexibility index (Phi) is 6.70. The number of carbonyl (C=O) groups excluding carboxylic acids is 1. The number of thiazole rings is 1. The number of sulfonamides is 1. The first-order chi connectivity index (χ1) is 16.5. The molecule has 0 aliphatic rings. The van der Waals surface area contributed by atoms with Crippen LogP contribution in [0.5, 0.6) is 0 Å². The molecule has 0 fully saturated rings. The molecule has 2 heterocycles. The molecule has 182 valence electrons. The van der Waals surface area contributed by atoms with E-state index in [0.29, 0.717) is 17.2 Å². The van der Waals surface area contributed by atoms with Crippen molar-refractivity contribution in [2.45, 2.75) is 24.8 Å². The molecule has 0 amide bonds. The van der Waals surface area contributed by atoms with Gasteiger partial charge in [0.2, 0.25) is 15.8 Å². The Bertz CT molecular complexity index is 1480. The van der Waals surface area contributed by atoms with Gasteiger partial charge < -0.3 is 15.5 Å². The van der Waals surface area contributed by atoms with E-state index in [1.807, 2.05) is 0 Å². The van der Waals surface area contributed by atoms with Gasteiger partial charge in [-0.05, 0) is 62.4 Å². The van der Waals surface area contributed by atoms with Crippen LogP contribution in [0.3, 0.4) is 0 Å². The molecule has 12 heteroatoms. The van der Waals surface area contributed by atoms with Crippen LogP contribution < -0.4 is 15.8 Å². The molecule has 0 spiro atoms. The van der Waals surface area contributed by atoms with Crippen molar-refractivity contribution >= 4 is 43.8 Å². The molecule has 0 saturated heterocycles. The van der Waals surface area contributed by atoms with Crippen LogP contribution in [0.4, 0.5) is 25.4 Å². The second-order valence-corrected chi connectivity index (χ2v) is 10.3. The monoisotopic (exact) mass is 518 g/mol. The predicted molar refractivity (Wildman–Crippen MR) is 128 cm³/mol. The molecule has 2 aromatic heterocycles. The molecular formula is C23H20F2N4O4S2. The zero-order valence-electron chi connectivity index (χ0n) is 18.5. The highest BCUT2D eigenvalue weighted by atomic mass is 32.2. The van der Waals surface area contributed by atoms with Gasteiger partial charge in [-0.1, -0.05) is 17.4 Å². The number of nitrogens with two attached hydrogens (primary N) is 1. The summed E-state index contributed by atoms with van der Waals surface area (Å²) in [5, 5.41) is 3.10. The van der Waals surface area contributed by atoms with E-state index in [-0.39, 0.29) is 20.7 Å². The highest BCUT2D eigenvalue weighted by Crippen LogP contribution is 2.31. The summed E-state index contributed by atoms with van der Waals surface area (Å²) in [5.41, 5.74) is 5.56. The fraction of sp³-hybridized carbons (Fsp3) is 0.130. The highest BCUT2D eigenvalue weighted by Gasteiger charge is 2.24. The van der Waals surface area contributed by atoms with Crippen LogP contribution in [0.25, 0.3) is 0 Å². The molecule has 2 aromatic carbocycles. The Morgan fingerprint density at radius 3 is 2.34 bits per heavy atom. The first kappa shape index (κ1) is 24.5. The molecule has 4 aromatic rings. The molecule has 1 unspecified atom stereocenters. The lowest BCUT2D eigenvalue weighted by Crippen LogP contribution is -2.26. The first-order valence-electron chi connectivity index (χ1n) is 10.3. The van der Waals surface area contributed by atoms with Crippen LogP contribution in [-0.4, -0.2) is 19.2 Å². The largest absolute Gasteiger partial charge is 0.465 e. The number of rotatable bonds is 8. The Morgan fingerprint density at radius 1 is 1.09 bits per heavy atom. The quantitative estimate of drug-likeness (QED) is 0.283. The van der Waals surface area contributed by atoms with Crippen molar-refractivity contribution in [2.24, 2.45) is 0 Å². The summed E-state index contributed by atoms with van der Waals surface area (Å²) < 4.78 is 61.4. The van der Waals surface area contributed by atoms with Crippen LogP contribution in [0.2, 0.25) is 0 Å². The SMILES string of the molecule is Cc1ccc(C(C)NS(=O)(=O)c2ccc(Nc3nc(N)c(C(=O)c4c(F)cccc4F)s3)cc2)o1. The van der Waals surface area contributed by atoms with E-state index in [2.05, 4.69) is 15.0 Å². The maximum Gasteiger partial charge on any atom is 0.241 e. The van der Waals surface area contributed by atoms with Crippen LogP contribution in [-0.2, 0) is 10.0 Å². The smallest absolute Gasteiger partial charge is 0.241 e. The van der Waals surface area contributed by atoms with Crippen molar-refractivity contribution in [1.82, 2.24) is 9.71 Å². The number of benzene rings is 2. The zero-order valence-corrected chi connectivity index (χ0v) is 20.1. The second-order valence-electron chi connectivity index (χ2n) is 7.60. The molecule has 1 atom stereocenters. The number of aryl methyl sites for hydroxylation is 1. The molecule has 35 heavy (non-hydrogen) atoms. The topological polar surface area (TPSA) is 127 Å². The van der Waals surface area contributed by atoms with E-state index >= 15 is 0 Å². The molecule has 4 N–H and O–H groups in total. The van der Waals surface area contributed by atoms with Crippen molar-refractivity contribution in [1.29, 1.82) is 0 Å². The number of carbonyl (C=O) groups is 1. The van der Waals surface area contributed by atoms with E-state index in [0.717, 1.165) is 29.5 Å². The number of anilines is 3. The number of nitrogens with zero attached hydrogens (tertiary/aromatic N) is 1. The van der Waals surface area contributed by atoms with Gasteiger partial charge in [0.05, 0.1) is 16.5 Å². The summed E-state index contributed by atoms with van der Waals surface area (Å²) in [6.07, 6.45) is 0. The van der Waals surface area contributed by atoms with E-state index in [9.17, 15) is 22.0 Å². The molecule has 8 nitrogen and oxygen atoms in total. The Balaban J connectivity index is 1.49. The van der Waals surface area contributed by atoms with E-state index in [1.165, 1.54) is 24.3 Å². The maximum absolute atomic E-state index is 14.0. The van der Waals surface area contributed by atoms with E-state index in [4.69, 9.17) is 10.2 Å². The predicted octanol–water partition coefficient (Wildman–Crippen LogP) is 4.92. The molecule has 0 aliphatic heterocycles.